The van der Waals surface area contributed by atoms with Gasteiger partial charge in [-0.15, -0.1) is 0 Å². The van der Waals surface area contributed by atoms with E-state index in [9.17, 15) is 9.90 Å². The van der Waals surface area contributed by atoms with E-state index in [4.69, 9.17) is 9.15 Å². The van der Waals surface area contributed by atoms with Crippen LogP contribution in [0.15, 0.2) is 56.8 Å². The smallest absolute Gasteiger partial charge is 0.343 e. The standard InChI is InChI=1S/C24H30O4/c1-16(2)9-7-10-17(3)11-8-14-24(4,26)21-15-19-22(28-21)18-12-5-6-13-20(18)27-23(19)25/h5-6,9,11-13,21,26H,7-8,10,14-15H2,1-4H3/b17-11+/t21-,24-/m0/s1. The Morgan fingerprint density at radius 1 is 1.21 bits per heavy atom. The van der Waals surface area contributed by atoms with Crippen molar-refractivity contribution >= 4 is 11.0 Å². The van der Waals surface area contributed by atoms with Crippen LogP contribution in [0.1, 0.15) is 58.9 Å². The predicted molar refractivity (Wildman–Crippen MR) is 113 cm³/mol. The first kappa shape index (κ1) is 20.4. The Hall–Kier alpha value is -2.33. The molecule has 1 aromatic carbocycles. The SMILES string of the molecule is CC(C)=CCC/C(C)=C/CC[C@](C)(O)[C@@H]1Cc2c(c3ccccc3oc2=O)O1. The van der Waals surface area contributed by atoms with Crippen molar-refractivity contribution in [2.24, 2.45) is 0 Å². The second-order valence-corrected chi connectivity index (χ2v) is 8.27. The van der Waals surface area contributed by atoms with Gasteiger partial charge in [0.15, 0.2) is 0 Å². The maximum Gasteiger partial charge on any atom is 0.343 e. The van der Waals surface area contributed by atoms with Crippen molar-refractivity contribution in [2.45, 2.75) is 71.5 Å². The Morgan fingerprint density at radius 2 is 1.96 bits per heavy atom. The zero-order chi connectivity index (χ0) is 20.3. The van der Waals surface area contributed by atoms with E-state index >= 15 is 0 Å². The van der Waals surface area contributed by atoms with Crippen LogP contribution in [0.4, 0.5) is 0 Å². The van der Waals surface area contributed by atoms with Crippen molar-refractivity contribution < 1.29 is 14.3 Å². The van der Waals surface area contributed by atoms with Crippen LogP contribution in [-0.2, 0) is 6.42 Å². The van der Waals surface area contributed by atoms with Gasteiger partial charge in [-0.1, -0.05) is 35.4 Å². The Bertz CT molecular complexity index is 958. The summed E-state index contributed by atoms with van der Waals surface area (Å²) < 4.78 is 11.5. The first-order valence-electron chi connectivity index (χ1n) is 10.0. The van der Waals surface area contributed by atoms with Gasteiger partial charge in [-0.05, 0) is 65.5 Å². The molecule has 0 amide bonds. The topological polar surface area (TPSA) is 59.7 Å². The zero-order valence-electron chi connectivity index (χ0n) is 17.2. The summed E-state index contributed by atoms with van der Waals surface area (Å²) in [6, 6.07) is 7.36. The Labute approximate surface area is 166 Å². The Kier molecular flexibility index (Phi) is 6.09. The number of hydrogen-bond acceptors (Lipinski definition) is 4. The third kappa shape index (κ3) is 4.56. The molecule has 2 aromatic rings. The van der Waals surface area contributed by atoms with Crippen LogP contribution >= 0.6 is 0 Å². The highest BCUT2D eigenvalue weighted by Gasteiger charge is 2.40. The molecule has 0 bridgehead atoms. The number of para-hydroxylation sites is 1. The van der Waals surface area contributed by atoms with E-state index in [2.05, 4.69) is 32.9 Å². The molecule has 1 aromatic heterocycles. The minimum Gasteiger partial charge on any atom is -0.486 e. The maximum absolute atomic E-state index is 12.3. The summed E-state index contributed by atoms with van der Waals surface area (Å²) in [6.45, 7) is 8.14. The van der Waals surface area contributed by atoms with Gasteiger partial charge in [-0.3, -0.25) is 0 Å². The fourth-order valence-corrected chi connectivity index (χ4v) is 3.65. The molecule has 28 heavy (non-hydrogen) atoms. The molecule has 4 heteroatoms. The molecule has 4 nitrogen and oxygen atoms in total. The normalized spacial score (nSPS) is 18.5. The molecule has 0 radical (unpaired) electrons. The van der Waals surface area contributed by atoms with Gasteiger partial charge in [0, 0.05) is 6.42 Å². The van der Waals surface area contributed by atoms with E-state index < -0.39 is 11.7 Å². The summed E-state index contributed by atoms with van der Waals surface area (Å²) >= 11 is 0. The summed E-state index contributed by atoms with van der Waals surface area (Å²) in [6.07, 6.45) is 7.80. The van der Waals surface area contributed by atoms with E-state index in [1.54, 1.807) is 13.0 Å². The second-order valence-electron chi connectivity index (χ2n) is 8.27. The summed E-state index contributed by atoms with van der Waals surface area (Å²) in [5.74, 6) is 0.561. The zero-order valence-corrected chi connectivity index (χ0v) is 17.2. The van der Waals surface area contributed by atoms with Gasteiger partial charge in [-0.2, -0.15) is 0 Å². The van der Waals surface area contributed by atoms with Gasteiger partial charge >= 0.3 is 5.63 Å². The molecule has 1 aliphatic rings. The van der Waals surface area contributed by atoms with E-state index in [1.807, 2.05) is 18.2 Å². The molecule has 0 unspecified atom stereocenters. The lowest BCUT2D eigenvalue weighted by molar-refractivity contribution is -0.0429. The first-order valence-corrected chi connectivity index (χ1v) is 10.0. The molecule has 2 atom stereocenters. The van der Waals surface area contributed by atoms with Gasteiger partial charge in [0.05, 0.1) is 16.6 Å². The lowest BCUT2D eigenvalue weighted by Gasteiger charge is -2.29. The summed E-state index contributed by atoms with van der Waals surface area (Å²) in [5, 5.41) is 11.8. The van der Waals surface area contributed by atoms with E-state index in [0.29, 0.717) is 29.7 Å². The quantitative estimate of drug-likeness (QED) is 0.520. The number of aliphatic hydroxyl groups is 1. The number of rotatable bonds is 7. The van der Waals surface area contributed by atoms with Crippen molar-refractivity contribution in [1.82, 2.24) is 0 Å². The van der Waals surface area contributed by atoms with Crippen LogP contribution in [0.5, 0.6) is 5.75 Å². The lowest BCUT2D eigenvalue weighted by atomic mass is 9.90. The van der Waals surface area contributed by atoms with Gasteiger partial charge < -0.3 is 14.3 Å². The van der Waals surface area contributed by atoms with Crippen molar-refractivity contribution in [2.75, 3.05) is 0 Å². The molecule has 150 valence electrons. The summed E-state index contributed by atoms with van der Waals surface area (Å²) in [7, 11) is 0. The summed E-state index contributed by atoms with van der Waals surface area (Å²) in [4.78, 5) is 12.3. The molecule has 0 aliphatic carbocycles. The maximum atomic E-state index is 12.3. The number of fused-ring (bicyclic) bond motifs is 3. The van der Waals surface area contributed by atoms with Crippen LogP contribution in [-0.4, -0.2) is 16.8 Å². The minimum absolute atomic E-state index is 0.373. The number of benzene rings is 1. The molecule has 0 spiro atoms. The number of hydrogen-bond donors (Lipinski definition) is 1. The molecular formula is C24H30O4. The average molecular weight is 383 g/mol. The van der Waals surface area contributed by atoms with Gasteiger partial charge in [0.25, 0.3) is 0 Å². The molecule has 0 saturated carbocycles. The molecule has 3 rings (SSSR count). The third-order valence-electron chi connectivity index (χ3n) is 5.43. The van der Waals surface area contributed by atoms with Gasteiger partial charge in [0.1, 0.15) is 17.4 Å². The molecule has 0 saturated heterocycles. The first-order chi connectivity index (χ1) is 13.3. The highest BCUT2D eigenvalue weighted by atomic mass is 16.5. The van der Waals surface area contributed by atoms with E-state index in [-0.39, 0.29) is 5.63 Å². The molecule has 1 aliphatic heterocycles. The fraction of sp³-hybridized carbons (Fsp3) is 0.458. The van der Waals surface area contributed by atoms with Crippen LogP contribution in [0, 0.1) is 0 Å². The fourth-order valence-electron chi connectivity index (χ4n) is 3.65. The molecular weight excluding hydrogens is 352 g/mol. The number of ether oxygens (including phenoxy) is 1. The molecule has 2 heterocycles. The minimum atomic E-state index is -1.02. The van der Waals surface area contributed by atoms with Crippen LogP contribution < -0.4 is 10.4 Å². The van der Waals surface area contributed by atoms with Crippen molar-refractivity contribution in [1.29, 1.82) is 0 Å². The van der Waals surface area contributed by atoms with Crippen molar-refractivity contribution in [3.63, 3.8) is 0 Å². The van der Waals surface area contributed by atoms with Crippen molar-refractivity contribution in [3.05, 3.63) is 63.5 Å². The Morgan fingerprint density at radius 3 is 2.71 bits per heavy atom. The van der Waals surface area contributed by atoms with Gasteiger partial charge in [-0.25, -0.2) is 4.79 Å². The highest BCUT2D eigenvalue weighted by molar-refractivity contribution is 5.84. The number of allylic oxidation sites excluding steroid dienone is 4. The molecule has 0 fully saturated rings. The second kappa shape index (κ2) is 8.36. The van der Waals surface area contributed by atoms with Crippen LogP contribution in [0.2, 0.25) is 0 Å². The lowest BCUT2D eigenvalue weighted by Crippen LogP contribution is -2.42. The van der Waals surface area contributed by atoms with Crippen LogP contribution in [0.3, 0.4) is 0 Å². The van der Waals surface area contributed by atoms with Crippen molar-refractivity contribution in [3.8, 4) is 5.75 Å². The largest absolute Gasteiger partial charge is 0.486 e. The Balaban J connectivity index is 1.66. The monoisotopic (exact) mass is 382 g/mol. The van der Waals surface area contributed by atoms with E-state index in [1.165, 1.54) is 11.1 Å². The van der Waals surface area contributed by atoms with Gasteiger partial charge in [0.2, 0.25) is 0 Å². The highest BCUT2D eigenvalue weighted by Crippen LogP contribution is 2.38. The predicted octanol–water partition coefficient (Wildman–Crippen LogP) is 5.32. The summed E-state index contributed by atoms with van der Waals surface area (Å²) in [5.41, 5.74) is 2.31. The van der Waals surface area contributed by atoms with E-state index in [0.717, 1.165) is 24.6 Å². The third-order valence-corrected chi connectivity index (χ3v) is 5.43. The molecule has 1 N–H and O–H groups in total. The van der Waals surface area contributed by atoms with Crippen LogP contribution in [0.25, 0.3) is 11.0 Å². The average Bonchev–Trinajstić information content (AvgIpc) is 3.09.